The van der Waals surface area contributed by atoms with E-state index in [0.717, 1.165) is 55.5 Å². The zero-order chi connectivity index (χ0) is 33.9. The van der Waals surface area contributed by atoms with Crippen molar-refractivity contribution in [3.63, 3.8) is 0 Å². The molecule has 0 saturated heterocycles. The second-order valence-electron chi connectivity index (χ2n) is 12.8. The summed E-state index contributed by atoms with van der Waals surface area (Å²) in [7, 11) is 3.62. The van der Waals surface area contributed by atoms with E-state index < -0.39 is 17.7 Å². The minimum atomic E-state index is -0.985. The van der Waals surface area contributed by atoms with Crippen molar-refractivity contribution >= 4 is 49.7 Å². The lowest BCUT2D eigenvalue weighted by atomic mass is 9.98. The Bertz CT molecular complexity index is 1910. The third-order valence-electron chi connectivity index (χ3n) is 8.29. The lowest BCUT2D eigenvalue weighted by molar-refractivity contribution is 0.0294. The van der Waals surface area contributed by atoms with Crippen molar-refractivity contribution in [1.82, 2.24) is 19.2 Å². The average Bonchev–Trinajstić information content (AvgIpc) is 3.50. The Balaban J connectivity index is 1.50. The minimum Gasteiger partial charge on any atom is -0.493 e. The third kappa shape index (κ3) is 7.32. The van der Waals surface area contributed by atoms with Gasteiger partial charge < -0.3 is 24.0 Å². The molecule has 0 aliphatic rings. The summed E-state index contributed by atoms with van der Waals surface area (Å²) >= 11 is 3.64. The molecule has 0 radical (unpaired) electrons. The lowest BCUT2D eigenvalue weighted by Gasteiger charge is -2.24. The van der Waals surface area contributed by atoms with Crippen LogP contribution >= 0.6 is 15.9 Å². The maximum absolute atomic E-state index is 13.1. The van der Waals surface area contributed by atoms with E-state index in [2.05, 4.69) is 28.1 Å². The summed E-state index contributed by atoms with van der Waals surface area (Å²) in [5.74, 6) is -0.170. The van der Waals surface area contributed by atoms with Gasteiger partial charge in [-0.05, 0) is 64.0 Å². The van der Waals surface area contributed by atoms with Gasteiger partial charge in [0.05, 0.1) is 23.5 Å². The number of carboxylic acid groups (broad SMARTS) is 1. The maximum Gasteiger partial charge on any atom is 0.410 e. The van der Waals surface area contributed by atoms with Crippen LogP contribution in [-0.4, -0.2) is 62.2 Å². The molecule has 0 spiro atoms. The van der Waals surface area contributed by atoms with E-state index in [4.69, 9.17) is 14.6 Å². The van der Waals surface area contributed by atoms with Crippen molar-refractivity contribution in [1.29, 1.82) is 0 Å². The summed E-state index contributed by atoms with van der Waals surface area (Å²) in [6.45, 7) is 8.73. The molecule has 0 saturated carbocycles. The van der Waals surface area contributed by atoms with Gasteiger partial charge >= 0.3 is 12.1 Å². The number of para-hydroxylation sites is 1. The first-order valence-corrected chi connectivity index (χ1v) is 17.0. The number of aromatic nitrogens is 3. The van der Waals surface area contributed by atoms with Gasteiger partial charge in [0, 0.05) is 54.4 Å². The number of alkyl halides is 1. The topological polar surface area (TPSA) is 98.8 Å². The van der Waals surface area contributed by atoms with E-state index in [1.54, 1.807) is 7.05 Å². The molecule has 0 bridgehead atoms. The molecule has 0 aliphatic carbocycles. The van der Waals surface area contributed by atoms with E-state index >= 15 is 0 Å². The third-order valence-corrected chi connectivity index (χ3v) is 8.82. The second-order valence-corrected chi connectivity index (χ2v) is 13.4. The number of carbonyl (C=O) groups excluding carboxylic acids is 1. The predicted octanol–water partition coefficient (Wildman–Crippen LogP) is 8.37. The van der Waals surface area contributed by atoms with Crippen LogP contribution in [0.15, 0.2) is 60.7 Å². The Morgan fingerprint density at radius 2 is 1.70 bits per heavy atom. The molecule has 0 atom stereocenters. The summed E-state index contributed by atoms with van der Waals surface area (Å²) in [4.78, 5) is 27.2. The van der Waals surface area contributed by atoms with Gasteiger partial charge in [-0.15, -0.1) is 0 Å². The first-order chi connectivity index (χ1) is 22.4. The molecule has 2 aromatic heterocycles. The van der Waals surface area contributed by atoms with E-state index in [1.807, 2.05) is 92.5 Å². The summed E-state index contributed by atoms with van der Waals surface area (Å²) in [6, 6.07) is 20.2. The SMILES string of the molecule is Cc1nn(C)c(CBr)c1-c1cccc2c(CCCOc3cccc4ccccc34)c(C(=O)O)n(CCCN(C)C(=O)OC(C)(C)C)c12. The zero-order valence-corrected chi connectivity index (χ0v) is 29.6. The van der Waals surface area contributed by atoms with Crippen LogP contribution in [0.3, 0.4) is 0 Å². The number of carbonyl (C=O) groups is 2. The van der Waals surface area contributed by atoms with E-state index in [-0.39, 0.29) is 5.69 Å². The molecule has 5 aromatic rings. The smallest absolute Gasteiger partial charge is 0.410 e. The fourth-order valence-electron chi connectivity index (χ4n) is 6.26. The Hall–Kier alpha value is -4.31. The number of benzene rings is 3. The molecule has 3 aromatic carbocycles. The van der Waals surface area contributed by atoms with Gasteiger partial charge in [0.25, 0.3) is 0 Å². The van der Waals surface area contributed by atoms with Gasteiger partial charge in [-0.3, -0.25) is 4.68 Å². The van der Waals surface area contributed by atoms with E-state index in [1.165, 1.54) is 4.90 Å². The zero-order valence-electron chi connectivity index (χ0n) is 28.0. The highest BCUT2D eigenvalue weighted by atomic mass is 79.9. The monoisotopic (exact) mass is 702 g/mol. The number of amides is 1. The van der Waals surface area contributed by atoms with Crippen LogP contribution in [0.2, 0.25) is 0 Å². The number of aryl methyl sites for hydroxylation is 4. The van der Waals surface area contributed by atoms with Gasteiger partial charge in [0.2, 0.25) is 0 Å². The number of fused-ring (bicyclic) bond motifs is 2. The summed E-state index contributed by atoms with van der Waals surface area (Å²) in [6.07, 6.45) is 1.28. The van der Waals surface area contributed by atoms with Crippen LogP contribution in [0, 0.1) is 6.92 Å². The average molecular weight is 704 g/mol. The maximum atomic E-state index is 13.1. The Kier molecular flexibility index (Phi) is 10.3. The lowest BCUT2D eigenvalue weighted by Crippen LogP contribution is -2.35. The van der Waals surface area contributed by atoms with Crippen molar-refractivity contribution in [2.24, 2.45) is 7.05 Å². The van der Waals surface area contributed by atoms with E-state index in [0.29, 0.717) is 44.3 Å². The van der Waals surface area contributed by atoms with Crippen LogP contribution in [0.4, 0.5) is 4.79 Å². The molecule has 1 amide bonds. The molecule has 248 valence electrons. The molecule has 1 N–H and O–H groups in total. The number of rotatable bonds is 12. The fraction of sp³-hybridized carbons (Fsp3) is 0.378. The van der Waals surface area contributed by atoms with Gasteiger partial charge in [-0.1, -0.05) is 70.5 Å². The number of carboxylic acids is 1. The minimum absolute atomic E-state index is 0.263. The molecular weight excluding hydrogens is 660 g/mol. The quantitative estimate of drug-likeness (QED) is 0.104. The molecule has 2 heterocycles. The number of hydrogen-bond acceptors (Lipinski definition) is 5. The molecule has 5 rings (SSSR count). The van der Waals surface area contributed by atoms with Gasteiger partial charge in [-0.2, -0.15) is 5.10 Å². The van der Waals surface area contributed by atoms with Crippen molar-refractivity contribution in [2.75, 3.05) is 20.2 Å². The van der Waals surface area contributed by atoms with Gasteiger partial charge in [0.1, 0.15) is 17.0 Å². The Morgan fingerprint density at radius 1 is 1.00 bits per heavy atom. The van der Waals surface area contributed by atoms with Crippen LogP contribution in [0.5, 0.6) is 5.75 Å². The highest BCUT2D eigenvalue weighted by Crippen LogP contribution is 2.39. The summed E-state index contributed by atoms with van der Waals surface area (Å²) < 4.78 is 15.5. The molecule has 0 aliphatic heterocycles. The highest BCUT2D eigenvalue weighted by molar-refractivity contribution is 9.08. The summed E-state index contributed by atoms with van der Waals surface area (Å²) in [5, 5.41) is 19.0. The molecule has 9 nitrogen and oxygen atoms in total. The first-order valence-electron chi connectivity index (χ1n) is 15.9. The Morgan fingerprint density at radius 3 is 2.43 bits per heavy atom. The first kappa shape index (κ1) is 34.0. The molecule has 47 heavy (non-hydrogen) atoms. The standard InChI is InChI=1S/C37H43BrN4O5/c1-24-32(30(23-38)41(6)39-24)29-17-10-16-27-28(18-11-22-46-31-19-9-14-25-13-7-8-15-26(25)31)34(35(43)44)42(33(27)29)21-12-20-40(5)36(45)47-37(2,3)4/h7-10,13-17,19H,11-12,18,20-23H2,1-6H3,(H,43,44). The normalized spacial score (nSPS) is 11.7. The molecule has 10 heteroatoms. The van der Waals surface area contributed by atoms with Crippen LogP contribution in [-0.2, 0) is 30.1 Å². The predicted molar refractivity (Wildman–Crippen MR) is 190 cm³/mol. The molecule has 0 fully saturated rings. The number of hydrogen-bond donors (Lipinski definition) is 1. The fourth-order valence-corrected chi connectivity index (χ4v) is 6.91. The molecular formula is C37H43BrN4O5. The number of ether oxygens (including phenoxy) is 2. The Labute approximate surface area is 284 Å². The number of nitrogens with zero attached hydrogens (tertiary/aromatic N) is 4. The van der Waals surface area contributed by atoms with Crippen LogP contribution < -0.4 is 4.74 Å². The van der Waals surface area contributed by atoms with Gasteiger partial charge in [0.15, 0.2) is 0 Å². The largest absolute Gasteiger partial charge is 0.493 e. The highest BCUT2D eigenvalue weighted by Gasteiger charge is 2.27. The van der Waals surface area contributed by atoms with Crippen LogP contribution in [0.25, 0.3) is 32.8 Å². The van der Waals surface area contributed by atoms with Gasteiger partial charge in [-0.25, -0.2) is 9.59 Å². The van der Waals surface area contributed by atoms with Crippen molar-refractivity contribution < 1.29 is 24.2 Å². The van der Waals surface area contributed by atoms with Crippen molar-refractivity contribution in [2.45, 2.75) is 64.4 Å². The molecule has 0 unspecified atom stereocenters. The number of halogens is 1. The van der Waals surface area contributed by atoms with E-state index in [9.17, 15) is 14.7 Å². The summed E-state index contributed by atoms with van der Waals surface area (Å²) in [5.41, 5.74) is 5.09. The van der Waals surface area contributed by atoms with Crippen LogP contribution in [0.1, 0.15) is 61.1 Å². The van der Waals surface area contributed by atoms with Crippen molar-refractivity contribution in [3.8, 4) is 16.9 Å². The second kappa shape index (κ2) is 14.2. The van der Waals surface area contributed by atoms with Crippen molar-refractivity contribution in [3.05, 3.63) is 83.3 Å². The number of aromatic carboxylic acids is 1.